The third-order valence-corrected chi connectivity index (χ3v) is 6.25. The molecule has 0 saturated heterocycles. The summed E-state index contributed by atoms with van der Waals surface area (Å²) >= 11 is 0. The monoisotopic (exact) mass is 565 g/mol. The van der Waals surface area contributed by atoms with Crippen LogP contribution in [0.4, 0.5) is 35.1 Å². The molecule has 0 heterocycles. The Kier molecular flexibility index (Phi) is 7.60. The molecule has 1 amide bonds. The molecule has 1 atom stereocenters. The maximum Gasteiger partial charge on any atom is 0.416 e. The molecule has 4 rings (SSSR count). The first-order valence-electron chi connectivity index (χ1n) is 11.6. The Hall–Kier alpha value is -4.41. The molecule has 0 fully saturated rings. The molecule has 0 radical (unpaired) electrons. The molecule has 0 aromatic heterocycles. The van der Waals surface area contributed by atoms with Crippen LogP contribution in [-0.4, -0.2) is 11.0 Å². The molecular weight excluding hydrogens is 546 g/mol. The first-order chi connectivity index (χ1) is 18.7. The van der Waals surface area contributed by atoms with Crippen LogP contribution in [-0.2, 0) is 24.3 Å². The van der Waals surface area contributed by atoms with Gasteiger partial charge in [0, 0.05) is 12.0 Å². The summed E-state index contributed by atoms with van der Waals surface area (Å²) in [5, 5.41) is 12.6. The number of aromatic hydroxyl groups is 1. The minimum absolute atomic E-state index is 0.158. The lowest BCUT2D eigenvalue weighted by atomic mass is 9.77. The highest BCUT2D eigenvalue weighted by molar-refractivity contribution is 5.95. The van der Waals surface area contributed by atoms with E-state index in [1.165, 1.54) is 0 Å². The van der Waals surface area contributed by atoms with Crippen LogP contribution in [0.5, 0.6) is 5.75 Å². The van der Waals surface area contributed by atoms with E-state index < -0.39 is 63.4 Å². The van der Waals surface area contributed by atoms with E-state index in [2.05, 4.69) is 5.32 Å². The lowest BCUT2D eigenvalue weighted by molar-refractivity contribution is -0.138. The molecule has 4 aromatic carbocycles. The van der Waals surface area contributed by atoms with Crippen LogP contribution < -0.4 is 5.32 Å². The Morgan fingerprint density at radius 2 is 1.32 bits per heavy atom. The molecule has 208 valence electrons. The summed E-state index contributed by atoms with van der Waals surface area (Å²) in [4.78, 5) is 13.5. The van der Waals surface area contributed by atoms with Gasteiger partial charge in [0.1, 0.15) is 5.82 Å². The summed E-state index contributed by atoms with van der Waals surface area (Å²) in [6.07, 6.45) is -10.2. The highest BCUT2D eigenvalue weighted by Gasteiger charge is 2.41. The van der Waals surface area contributed by atoms with Gasteiger partial charge in [0.2, 0.25) is 0 Å². The number of nitrogens with one attached hydrogen (secondary N) is 1. The van der Waals surface area contributed by atoms with Crippen molar-refractivity contribution < 1.29 is 45.0 Å². The van der Waals surface area contributed by atoms with E-state index >= 15 is 0 Å². The molecule has 0 aliphatic rings. The molecule has 2 N–H and O–H groups in total. The fraction of sp³-hybridized carbons (Fsp3) is 0.138. The predicted molar refractivity (Wildman–Crippen MR) is 129 cm³/mol. The van der Waals surface area contributed by atoms with Crippen molar-refractivity contribution >= 4 is 5.91 Å². The second-order valence-electron chi connectivity index (χ2n) is 8.99. The molecule has 11 heteroatoms. The van der Waals surface area contributed by atoms with E-state index in [0.29, 0.717) is 17.7 Å². The van der Waals surface area contributed by atoms with Crippen LogP contribution in [0.2, 0.25) is 0 Å². The molecule has 0 aliphatic heterocycles. The van der Waals surface area contributed by atoms with Crippen molar-refractivity contribution in [2.45, 2.75) is 24.3 Å². The summed E-state index contributed by atoms with van der Waals surface area (Å²) < 4.78 is 110. The summed E-state index contributed by atoms with van der Waals surface area (Å²) in [7, 11) is 0. The number of alkyl halides is 6. The third-order valence-electron chi connectivity index (χ3n) is 6.25. The zero-order chi connectivity index (χ0) is 29.3. The van der Waals surface area contributed by atoms with Gasteiger partial charge in [-0.25, -0.2) is 8.78 Å². The second-order valence-corrected chi connectivity index (χ2v) is 8.99. The molecule has 0 unspecified atom stereocenters. The molecule has 4 aromatic rings. The van der Waals surface area contributed by atoms with E-state index in [4.69, 9.17) is 0 Å². The SMILES string of the molecule is O=C(N[C@@](Cc1ccccc1)(c1cc(F)cc(C(F)(F)F)c1)c1ccc(F)c(O)c1)c1cccc(C(F)(F)F)c1. The standard InChI is InChI=1S/C29H19F8NO2/c30-23-13-21(12-22(14-23)29(35,36)37)27(16-17-5-2-1-3-6-17,19-9-10-24(31)25(39)15-19)38-26(40)18-7-4-8-20(11-18)28(32,33)34/h1-15,39H,16H2,(H,38,40)/t27-/m1/s1. The number of hydrogen-bond acceptors (Lipinski definition) is 2. The normalized spacial score (nSPS) is 13.5. The number of rotatable bonds is 6. The first kappa shape index (κ1) is 28.6. The smallest absolute Gasteiger partial charge is 0.416 e. The lowest BCUT2D eigenvalue weighted by Gasteiger charge is -2.37. The van der Waals surface area contributed by atoms with Crippen molar-refractivity contribution in [3.05, 3.63) is 136 Å². The molecule has 40 heavy (non-hydrogen) atoms. The van der Waals surface area contributed by atoms with Gasteiger partial charge in [0.05, 0.1) is 16.7 Å². The minimum atomic E-state index is -5.01. The number of hydrogen-bond donors (Lipinski definition) is 2. The average molecular weight is 565 g/mol. The van der Waals surface area contributed by atoms with Gasteiger partial charge in [0.25, 0.3) is 5.91 Å². The highest BCUT2D eigenvalue weighted by Crippen LogP contribution is 2.40. The van der Waals surface area contributed by atoms with Crippen molar-refractivity contribution in [3.8, 4) is 5.75 Å². The van der Waals surface area contributed by atoms with Gasteiger partial charge < -0.3 is 10.4 Å². The largest absolute Gasteiger partial charge is 0.505 e. The maximum absolute atomic E-state index is 14.7. The highest BCUT2D eigenvalue weighted by atomic mass is 19.4. The molecule has 0 spiro atoms. The minimum Gasteiger partial charge on any atom is -0.505 e. The first-order valence-corrected chi connectivity index (χ1v) is 11.6. The maximum atomic E-state index is 14.7. The molecular formula is C29H19F8NO2. The van der Waals surface area contributed by atoms with Crippen molar-refractivity contribution in [2.24, 2.45) is 0 Å². The van der Waals surface area contributed by atoms with Crippen LogP contribution in [0.1, 0.15) is 38.2 Å². The number of phenols is 1. The second kappa shape index (κ2) is 10.6. The Balaban J connectivity index is 2.00. The van der Waals surface area contributed by atoms with E-state index in [9.17, 15) is 45.0 Å². The number of benzene rings is 4. The summed E-state index contributed by atoms with van der Waals surface area (Å²) in [6.45, 7) is 0. The Morgan fingerprint density at radius 3 is 1.95 bits per heavy atom. The van der Waals surface area contributed by atoms with Crippen molar-refractivity contribution in [3.63, 3.8) is 0 Å². The van der Waals surface area contributed by atoms with Crippen LogP contribution in [0, 0.1) is 11.6 Å². The average Bonchev–Trinajstić information content (AvgIpc) is 2.89. The molecule has 0 saturated carbocycles. The predicted octanol–water partition coefficient (Wildman–Crippen LogP) is 7.62. The van der Waals surface area contributed by atoms with Crippen molar-refractivity contribution in [2.75, 3.05) is 0 Å². The fourth-order valence-electron chi connectivity index (χ4n) is 4.34. The van der Waals surface area contributed by atoms with Crippen LogP contribution >= 0.6 is 0 Å². The van der Waals surface area contributed by atoms with E-state index in [1.807, 2.05) is 0 Å². The number of halogens is 8. The number of carbonyl (C=O) groups is 1. The van der Waals surface area contributed by atoms with Gasteiger partial charge in [-0.1, -0.05) is 42.5 Å². The zero-order valence-corrected chi connectivity index (χ0v) is 20.2. The quantitative estimate of drug-likeness (QED) is 0.236. The van der Waals surface area contributed by atoms with Gasteiger partial charge >= 0.3 is 12.4 Å². The van der Waals surface area contributed by atoms with Gasteiger partial charge in [-0.2, -0.15) is 26.3 Å². The number of carbonyl (C=O) groups excluding carboxylic acids is 1. The van der Waals surface area contributed by atoms with Crippen LogP contribution in [0.3, 0.4) is 0 Å². The Morgan fingerprint density at radius 1 is 0.675 bits per heavy atom. The van der Waals surface area contributed by atoms with Crippen molar-refractivity contribution in [1.29, 1.82) is 0 Å². The topological polar surface area (TPSA) is 49.3 Å². The summed E-state index contributed by atoms with van der Waals surface area (Å²) in [5.41, 5.74) is -5.37. The molecule has 0 aliphatic carbocycles. The number of amides is 1. The van der Waals surface area contributed by atoms with E-state index in [1.54, 1.807) is 30.3 Å². The van der Waals surface area contributed by atoms with Gasteiger partial charge in [-0.05, 0) is 65.2 Å². The Labute approximate surface area is 222 Å². The number of phenolic OH excluding ortho intramolecular Hbond substituents is 1. The van der Waals surface area contributed by atoms with Gasteiger partial charge in [-0.3, -0.25) is 4.79 Å². The summed E-state index contributed by atoms with van der Waals surface area (Å²) in [6, 6.07) is 15.5. The fourth-order valence-corrected chi connectivity index (χ4v) is 4.34. The van der Waals surface area contributed by atoms with E-state index in [0.717, 1.165) is 42.5 Å². The third kappa shape index (κ3) is 6.08. The zero-order valence-electron chi connectivity index (χ0n) is 20.2. The van der Waals surface area contributed by atoms with Crippen molar-refractivity contribution in [1.82, 2.24) is 5.32 Å². The van der Waals surface area contributed by atoms with E-state index in [-0.39, 0.29) is 18.1 Å². The van der Waals surface area contributed by atoms with Gasteiger partial charge in [-0.15, -0.1) is 0 Å². The van der Waals surface area contributed by atoms with Crippen LogP contribution in [0.15, 0.2) is 91.0 Å². The molecule has 3 nitrogen and oxygen atoms in total. The van der Waals surface area contributed by atoms with Crippen LogP contribution in [0.25, 0.3) is 0 Å². The van der Waals surface area contributed by atoms with Gasteiger partial charge in [0.15, 0.2) is 11.6 Å². The lowest BCUT2D eigenvalue weighted by Crippen LogP contribution is -2.49. The summed E-state index contributed by atoms with van der Waals surface area (Å²) in [5.74, 6) is -4.47. The Bertz CT molecular complexity index is 1530. The molecule has 0 bridgehead atoms.